The number of carbonyl (C=O) groups excluding carboxylic acids is 1. The molecule has 0 aromatic heterocycles. The van der Waals surface area contributed by atoms with Gasteiger partial charge in [0, 0.05) is 24.7 Å². The Morgan fingerprint density at radius 2 is 1.76 bits per heavy atom. The molecule has 1 amide bonds. The molecule has 2 aromatic carbocycles. The highest BCUT2D eigenvalue weighted by molar-refractivity contribution is 7.89. The third-order valence-electron chi connectivity index (χ3n) is 5.51. The summed E-state index contributed by atoms with van der Waals surface area (Å²) in [6.07, 6.45) is 5.27. The molecule has 1 heterocycles. The summed E-state index contributed by atoms with van der Waals surface area (Å²) in [7, 11) is -3.61. The van der Waals surface area contributed by atoms with Gasteiger partial charge in [-0.1, -0.05) is 18.2 Å². The number of sulfonamides is 1. The predicted octanol–water partition coefficient (Wildman–Crippen LogP) is 3.68. The summed E-state index contributed by atoms with van der Waals surface area (Å²) in [5.41, 5.74) is 2.88. The first-order valence-electron chi connectivity index (χ1n) is 10.2. The summed E-state index contributed by atoms with van der Waals surface area (Å²) in [6.45, 7) is 3.77. The monoisotopic (exact) mass is 413 g/mol. The predicted molar refractivity (Wildman–Crippen MR) is 115 cm³/mol. The number of nitrogens with zero attached hydrogens (tertiary/aromatic N) is 1. The number of nitrogens with one attached hydrogen (secondary N) is 2. The van der Waals surface area contributed by atoms with Gasteiger partial charge in [0.15, 0.2) is 0 Å². The van der Waals surface area contributed by atoms with Crippen molar-refractivity contribution in [1.29, 1.82) is 0 Å². The van der Waals surface area contributed by atoms with Crippen molar-refractivity contribution in [2.75, 3.05) is 23.3 Å². The molecular weight excluding hydrogens is 386 g/mol. The van der Waals surface area contributed by atoms with Crippen molar-refractivity contribution in [1.82, 2.24) is 4.72 Å². The van der Waals surface area contributed by atoms with Crippen LogP contribution in [0.4, 0.5) is 11.4 Å². The fourth-order valence-corrected chi connectivity index (χ4v) is 5.01. The average molecular weight is 414 g/mol. The molecule has 1 aliphatic carbocycles. The van der Waals surface area contributed by atoms with Crippen LogP contribution in [0.5, 0.6) is 0 Å². The Morgan fingerprint density at radius 1 is 1.03 bits per heavy atom. The first kappa shape index (κ1) is 19.9. The molecule has 154 valence electrons. The van der Waals surface area contributed by atoms with Crippen LogP contribution in [0.2, 0.25) is 0 Å². The summed E-state index contributed by atoms with van der Waals surface area (Å²) in [5.74, 6) is -0.296. The number of para-hydroxylation sites is 2. The van der Waals surface area contributed by atoms with Gasteiger partial charge >= 0.3 is 0 Å². The lowest BCUT2D eigenvalue weighted by atomic mass is 10.1. The van der Waals surface area contributed by atoms with Gasteiger partial charge < -0.3 is 10.2 Å². The molecule has 0 radical (unpaired) electrons. The maximum Gasteiger partial charge on any atom is 0.256 e. The summed E-state index contributed by atoms with van der Waals surface area (Å²) in [5, 5.41) is 3.00. The number of piperidine rings is 1. The Labute approximate surface area is 172 Å². The molecular formula is C22H27N3O3S. The summed E-state index contributed by atoms with van der Waals surface area (Å²) >= 11 is 0. The fraction of sp³-hybridized carbons (Fsp3) is 0.409. The molecule has 2 N–H and O–H groups in total. The van der Waals surface area contributed by atoms with Crippen LogP contribution in [0.3, 0.4) is 0 Å². The lowest BCUT2D eigenvalue weighted by Crippen LogP contribution is -2.30. The Morgan fingerprint density at radius 3 is 2.48 bits per heavy atom. The number of anilines is 2. The van der Waals surface area contributed by atoms with E-state index < -0.39 is 10.0 Å². The third-order valence-corrected chi connectivity index (χ3v) is 7.03. The van der Waals surface area contributed by atoms with E-state index >= 15 is 0 Å². The van der Waals surface area contributed by atoms with Crippen molar-refractivity contribution in [3.8, 4) is 0 Å². The van der Waals surface area contributed by atoms with Crippen LogP contribution >= 0.6 is 0 Å². The molecule has 0 bridgehead atoms. The molecule has 0 atom stereocenters. The standard InChI is InChI=1S/C22H27N3O3S/c1-16-9-12-18(29(27,28)24-17-10-11-17)15-19(16)22(26)23-20-7-3-4-8-21(20)25-13-5-2-6-14-25/h3-4,7-9,12,15,17,24H,2,5-6,10-11,13-14H2,1H3,(H,23,26). The van der Waals surface area contributed by atoms with Gasteiger partial charge in [0.1, 0.15) is 0 Å². The van der Waals surface area contributed by atoms with Gasteiger partial charge in [0.2, 0.25) is 10.0 Å². The molecule has 2 fully saturated rings. The van der Waals surface area contributed by atoms with Gasteiger partial charge in [-0.25, -0.2) is 13.1 Å². The van der Waals surface area contributed by atoms with E-state index in [-0.39, 0.29) is 16.8 Å². The Hall–Kier alpha value is -2.38. The van der Waals surface area contributed by atoms with Crippen molar-refractivity contribution in [2.45, 2.75) is 50.0 Å². The van der Waals surface area contributed by atoms with E-state index in [0.717, 1.165) is 55.7 Å². The topological polar surface area (TPSA) is 78.5 Å². The molecule has 7 heteroatoms. The fourth-order valence-electron chi connectivity index (χ4n) is 3.68. The van der Waals surface area contributed by atoms with Crippen LogP contribution in [0.1, 0.15) is 48.0 Å². The molecule has 4 rings (SSSR count). The number of carbonyl (C=O) groups is 1. The number of benzene rings is 2. The minimum atomic E-state index is -3.61. The number of rotatable bonds is 6. The van der Waals surface area contributed by atoms with Crippen LogP contribution in [-0.4, -0.2) is 33.5 Å². The third kappa shape index (κ3) is 4.62. The number of hydrogen-bond donors (Lipinski definition) is 2. The van der Waals surface area contributed by atoms with Gasteiger partial charge in [-0.15, -0.1) is 0 Å². The van der Waals surface area contributed by atoms with Crippen molar-refractivity contribution in [3.05, 3.63) is 53.6 Å². The van der Waals surface area contributed by atoms with Crippen molar-refractivity contribution in [3.63, 3.8) is 0 Å². The Balaban J connectivity index is 1.58. The van der Waals surface area contributed by atoms with Gasteiger partial charge in [-0.2, -0.15) is 0 Å². The highest BCUT2D eigenvalue weighted by atomic mass is 32.2. The lowest BCUT2D eigenvalue weighted by Gasteiger charge is -2.30. The van der Waals surface area contributed by atoms with E-state index in [1.807, 2.05) is 31.2 Å². The molecule has 1 aliphatic heterocycles. The van der Waals surface area contributed by atoms with Crippen molar-refractivity contribution < 1.29 is 13.2 Å². The number of aryl methyl sites for hydroxylation is 1. The van der Waals surface area contributed by atoms with Gasteiger partial charge in [0.25, 0.3) is 5.91 Å². The Bertz CT molecular complexity index is 1010. The lowest BCUT2D eigenvalue weighted by molar-refractivity contribution is 0.102. The van der Waals surface area contributed by atoms with Crippen LogP contribution in [0.25, 0.3) is 0 Å². The first-order valence-corrected chi connectivity index (χ1v) is 11.7. The molecule has 1 saturated carbocycles. The highest BCUT2D eigenvalue weighted by Gasteiger charge is 2.28. The van der Waals surface area contributed by atoms with Crippen LogP contribution in [0.15, 0.2) is 47.4 Å². The minimum absolute atomic E-state index is 0.0231. The van der Waals surface area contributed by atoms with Gasteiger partial charge in [0.05, 0.1) is 16.3 Å². The summed E-state index contributed by atoms with van der Waals surface area (Å²) < 4.78 is 27.7. The van der Waals surface area contributed by atoms with Crippen molar-refractivity contribution >= 4 is 27.3 Å². The van der Waals surface area contributed by atoms with E-state index in [1.165, 1.54) is 12.5 Å². The summed E-state index contributed by atoms with van der Waals surface area (Å²) in [6, 6.07) is 12.5. The zero-order valence-corrected chi connectivity index (χ0v) is 17.5. The van der Waals surface area contributed by atoms with Crippen LogP contribution in [0, 0.1) is 6.92 Å². The smallest absolute Gasteiger partial charge is 0.256 e. The number of hydrogen-bond acceptors (Lipinski definition) is 4. The molecule has 29 heavy (non-hydrogen) atoms. The largest absolute Gasteiger partial charge is 0.370 e. The minimum Gasteiger partial charge on any atom is -0.370 e. The molecule has 6 nitrogen and oxygen atoms in total. The van der Waals surface area contributed by atoms with E-state index in [1.54, 1.807) is 12.1 Å². The zero-order valence-electron chi connectivity index (χ0n) is 16.6. The maximum atomic E-state index is 13.0. The van der Waals surface area contributed by atoms with E-state index in [2.05, 4.69) is 14.9 Å². The quantitative estimate of drug-likeness (QED) is 0.757. The van der Waals surface area contributed by atoms with E-state index in [0.29, 0.717) is 5.56 Å². The van der Waals surface area contributed by atoms with Crippen LogP contribution < -0.4 is 14.9 Å². The first-order chi connectivity index (χ1) is 13.9. The van der Waals surface area contributed by atoms with Crippen LogP contribution in [-0.2, 0) is 10.0 Å². The second-order valence-corrected chi connectivity index (χ2v) is 9.61. The van der Waals surface area contributed by atoms with E-state index in [4.69, 9.17) is 0 Å². The van der Waals surface area contributed by atoms with Gasteiger partial charge in [-0.05, 0) is 68.9 Å². The molecule has 0 spiro atoms. The zero-order chi connectivity index (χ0) is 20.4. The van der Waals surface area contributed by atoms with Gasteiger partial charge in [-0.3, -0.25) is 4.79 Å². The molecule has 2 aromatic rings. The normalized spacial score (nSPS) is 17.2. The average Bonchev–Trinajstić information content (AvgIpc) is 3.52. The molecule has 2 aliphatic rings. The second-order valence-electron chi connectivity index (χ2n) is 7.89. The number of amides is 1. The summed E-state index contributed by atoms with van der Waals surface area (Å²) in [4.78, 5) is 15.5. The maximum absolute atomic E-state index is 13.0. The van der Waals surface area contributed by atoms with Crippen molar-refractivity contribution in [2.24, 2.45) is 0 Å². The second kappa shape index (κ2) is 8.16. The highest BCUT2D eigenvalue weighted by Crippen LogP contribution is 2.29. The Kier molecular flexibility index (Phi) is 5.61. The molecule has 0 unspecified atom stereocenters. The SMILES string of the molecule is Cc1ccc(S(=O)(=O)NC2CC2)cc1C(=O)Nc1ccccc1N1CCCCC1. The van der Waals surface area contributed by atoms with E-state index in [9.17, 15) is 13.2 Å². The molecule has 1 saturated heterocycles.